The SMILES string of the molecule is Fc1cc(NCc2cccc3ccccc23)cc(F)c1F. The minimum Gasteiger partial charge on any atom is -0.381 e. The highest BCUT2D eigenvalue weighted by Gasteiger charge is 2.10. The fraction of sp³-hybridized carbons (Fsp3) is 0.0588. The lowest BCUT2D eigenvalue weighted by Gasteiger charge is -2.10. The van der Waals surface area contributed by atoms with Crippen LogP contribution in [0.3, 0.4) is 0 Å². The van der Waals surface area contributed by atoms with Gasteiger partial charge in [-0.3, -0.25) is 0 Å². The maximum atomic E-state index is 13.2. The van der Waals surface area contributed by atoms with Crippen molar-refractivity contribution >= 4 is 16.5 Å². The summed E-state index contributed by atoms with van der Waals surface area (Å²) in [6, 6.07) is 15.6. The molecule has 0 aromatic heterocycles. The number of fused-ring (bicyclic) bond motifs is 1. The number of halogens is 3. The first-order chi connectivity index (χ1) is 10.1. The molecule has 21 heavy (non-hydrogen) atoms. The Morgan fingerprint density at radius 1 is 0.810 bits per heavy atom. The molecule has 106 valence electrons. The van der Waals surface area contributed by atoms with Crippen LogP contribution in [-0.2, 0) is 6.54 Å². The van der Waals surface area contributed by atoms with Gasteiger partial charge in [-0.2, -0.15) is 0 Å². The van der Waals surface area contributed by atoms with Gasteiger partial charge in [-0.15, -0.1) is 0 Å². The molecule has 0 unspecified atom stereocenters. The van der Waals surface area contributed by atoms with Crippen LogP contribution in [0.5, 0.6) is 0 Å². The van der Waals surface area contributed by atoms with E-state index >= 15 is 0 Å². The van der Waals surface area contributed by atoms with Gasteiger partial charge >= 0.3 is 0 Å². The van der Waals surface area contributed by atoms with Gasteiger partial charge in [0.05, 0.1) is 0 Å². The largest absolute Gasteiger partial charge is 0.381 e. The van der Waals surface area contributed by atoms with Crippen molar-refractivity contribution < 1.29 is 13.2 Å². The van der Waals surface area contributed by atoms with Gasteiger partial charge in [-0.05, 0) is 16.3 Å². The topological polar surface area (TPSA) is 12.0 Å². The van der Waals surface area contributed by atoms with Crippen LogP contribution >= 0.6 is 0 Å². The third-order valence-corrected chi connectivity index (χ3v) is 3.35. The molecule has 0 aliphatic carbocycles. The van der Waals surface area contributed by atoms with Gasteiger partial charge in [-0.25, -0.2) is 13.2 Å². The first-order valence-electron chi connectivity index (χ1n) is 6.50. The van der Waals surface area contributed by atoms with Gasteiger partial charge in [-0.1, -0.05) is 42.5 Å². The van der Waals surface area contributed by atoms with E-state index < -0.39 is 17.5 Å². The first-order valence-corrected chi connectivity index (χ1v) is 6.50. The zero-order valence-electron chi connectivity index (χ0n) is 11.0. The summed E-state index contributed by atoms with van der Waals surface area (Å²) in [6.45, 7) is 0.395. The molecule has 3 aromatic carbocycles. The second-order valence-corrected chi connectivity index (χ2v) is 4.75. The average Bonchev–Trinajstić information content (AvgIpc) is 2.50. The van der Waals surface area contributed by atoms with E-state index in [1.807, 2.05) is 42.5 Å². The molecular formula is C17H12F3N. The predicted molar refractivity (Wildman–Crippen MR) is 77.6 cm³/mol. The lowest BCUT2D eigenvalue weighted by Crippen LogP contribution is -2.02. The summed E-state index contributed by atoms with van der Waals surface area (Å²) in [4.78, 5) is 0. The molecule has 0 heterocycles. The van der Waals surface area contributed by atoms with Crippen LogP contribution in [-0.4, -0.2) is 0 Å². The van der Waals surface area contributed by atoms with Crippen LogP contribution in [0.15, 0.2) is 54.6 Å². The van der Waals surface area contributed by atoms with Crippen molar-refractivity contribution in [1.29, 1.82) is 0 Å². The highest BCUT2D eigenvalue weighted by atomic mass is 19.2. The molecule has 0 atom stereocenters. The van der Waals surface area contributed by atoms with Crippen molar-refractivity contribution in [3.8, 4) is 0 Å². The zero-order valence-corrected chi connectivity index (χ0v) is 11.0. The fourth-order valence-corrected chi connectivity index (χ4v) is 2.30. The van der Waals surface area contributed by atoms with E-state index in [0.717, 1.165) is 28.5 Å². The molecule has 0 bridgehead atoms. The molecular weight excluding hydrogens is 275 g/mol. The van der Waals surface area contributed by atoms with Crippen molar-refractivity contribution in [2.24, 2.45) is 0 Å². The summed E-state index contributed by atoms with van der Waals surface area (Å²) in [6.07, 6.45) is 0. The third-order valence-electron chi connectivity index (χ3n) is 3.35. The zero-order chi connectivity index (χ0) is 14.8. The molecule has 1 N–H and O–H groups in total. The summed E-state index contributed by atoms with van der Waals surface area (Å²) in [5.74, 6) is -3.85. The smallest absolute Gasteiger partial charge is 0.194 e. The number of benzene rings is 3. The van der Waals surface area contributed by atoms with Crippen molar-refractivity contribution in [3.05, 3.63) is 77.6 Å². The van der Waals surface area contributed by atoms with Gasteiger partial charge < -0.3 is 5.32 Å². The van der Waals surface area contributed by atoms with Crippen molar-refractivity contribution in [2.75, 3.05) is 5.32 Å². The van der Waals surface area contributed by atoms with E-state index in [9.17, 15) is 13.2 Å². The van der Waals surface area contributed by atoms with Crippen molar-refractivity contribution in [3.63, 3.8) is 0 Å². The standard InChI is InChI=1S/C17H12F3N/c18-15-8-13(9-16(19)17(15)20)21-10-12-6-3-5-11-4-1-2-7-14(11)12/h1-9,21H,10H2. The number of rotatable bonds is 3. The molecule has 0 amide bonds. The fourth-order valence-electron chi connectivity index (χ4n) is 2.30. The summed E-state index contributed by atoms with van der Waals surface area (Å²) in [5, 5.41) is 5.07. The summed E-state index contributed by atoms with van der Waals surface area (Å²) >= 11 is 0. The van der Waals surface area contributed by atoms with Crippen LogP contribution in [0.2, 0.25) is 0 Å². The Balaban J connectivity index is 1.87. The quantitative estimate of drug-likeness (QED) is 0.678. The second-order valence-electron chi connectivity index (χ2n) is 4.75. The minimum absolute atomic E-state index is 0.208. The van der Waals surface area contributed by atoms with Crippen molar-refractivity contribution in [2.45, 2.75) is 6.54 Å². The van der Waals surface area contributed by atoms with Gasteiger partial charge in [0.2, 0.25) is 0 Å². The maximum absolute atomic E-state index is 13.2. The van der Waals surface area contributed by atoms with E-state index in [1.54, 1.807) is 0 Å². The molecule has 0 spiro atoms. The molecule has 3 rings (SSSR count). The Morgan fingerprint density at radius 3 is 2.24 bits per heavy atom. The molecule has 1 nitrogen and oxygen atoms in total. The van der Waals surface area contributed by atoms with Gasteiger partial charge in [0.15, 0.2) is 17.5 Å². The Labute approximate surface area is 120 Å². The second kappa shape index (κ2) is 5.48. The van der Waals surface area contributed by atoms with Crippen molar-refractivity contribution in [1.82, 2.24) is 0 Å². The van der Waals surface area contributed by atoms with E-state index in [-0.39, 0.29) is 5.69 Å². The average molecular weight is 287 g/mol. The first kappa shape index (κ1) is 13.5. The molecule has 0 saturated heterocycles. The number of hydrogen-bond acceptors (Lipinski definition) is 1. The van der Waals surface area contributed by atoms with Gasteiger partial charge in [0, 0.05) is 24.4 Å². The predicted octanol–water partition coefficient (Wildman–Crippen LogP) is 4.87. The summed E-state index contributed by atoms with van der Waals surface area (Å²) in [5.41, 5.74) is 1.21. The van der Waals surface area contributed by atoms with Crippen LogP contribution in [0.25, 0.3) is 10.8 Å². The Bertz CT molecular complexity index is 771. The van der Waals surface area contributed by atoms with E-state index in [0.29, 0.717) is 6.54 Å². The highest BCUT2D eigenvalue weighted by Crippen LogP contribution is 2.21. The molecule has 0 aliphatic rings. The number of nitrogens with one attached hydrogen (secondary N) is 1. The molecule has 4 heteroatoms. The molecule has 0 saturated carbocycles. The Hall–Kier alpha value is -2.49. The van der Waals surface area contributed by atoms with E-state index in [1.165, 1.54) is 0 Å². The monoisotopic (exact) mass is 287 g/mol. The Morgan fingerprint density at radius 2 is 1.48 bits per heavy atom. The van der Waals surface area contributed by atoms with Gasteiger partial charge in [0.1, 0.15) is 0 Å². The summed E-state index contributed by atoms with van der Waals surface area (Å²) in [7, 11) is 0. The molecule has 0 fully saturated rings. The lowest BCUT2D eigenvalue weighted by molar-refractivity contribution is 0.447. The van der Waals surface area contributed by atoms with Crippen LogP contribution in [0.1, 0.15) is 5.56 Å². The Kier molecular flexibility index (Phi) is 3.52. The maximum Gasteiger partial charge on any atom is 0.194 e. The number of anilines is 1. The van der Waals surface area contributed by atoms with E-state index in [4.69, 9.17) is 0 Å². The van der Waals surface area contributed by atoms with Crippen LogP contribution in [0.4, 0.5) is 18.9 Å². The van der Waals surface area contributed by atoms with Crippen LogP contribution in [0, 0.1) is 17.5 Å². The number of hydrogen-bond donors (Lipinski definition) is 1. The summed E-state index contributed by atoms with van der Waals surface area (Å²) < 4.78 is 39.2. The highest BCUT2D eigenvalue weighted by molar-refractivity contribution is 5.85. The molecule has 0 radical (unpaired) electrons. The normalized spacial score (nSPS) is 10.8. The molecule has 3 aromatic rings. The van der Waals surface area contributed by atoms with Gasteiger partial charge in [0.25, 0.3) is 0 Å². The van der Waals surface area contributed by atoms with Crippen LogP contribution < -0.4 is 5.32 Å². The van der Waals surface area contributed by atoms with E-state index in [2.05, 4.69) is 5.32 Å². The minimum atomic E-state index is -1.45. The lowest BCUT2D eigenvalue weighted by atomic mass is 10.0. The molecule has 0 aliphatic heterocycles. The third kappa shape index (κ3) is 2.70.